The average molecular weight is 298 g/mol. The summed E-state index contributed by atoms with van der Waals surface area (Å²) in [5.41, 5.74) is 2.90. The van der Waals surface area contributed by atoms with Crippen LogP contribution in [0.5, 0.6) is 0 Å². The fourth-order valence-electron chi connectivity index (χ4n) is 1.50. The molecule has 1 amide bonds. The second-order valence-electron chi connectivity index (χ2n) is 4.79. The van der Waals surface area contributed by atoms with Crippen LogP contribution in [0.2, 0.25) is 0 Å². The van der Waals surface area contributed by atoms with Gasteiger partial charge in [-0.05, 0) is 31.4 Å². The number of benzene rings is 1. The zero-order valence-electron chi connectivity index (χ0n) is 10.9. The normalized spacial score (nSPS) is 12.6. The Bertz CT molecular complexity index is 401. The third-order valence-electron chi connectivity index (χ3n) is 2.82. The van der Waals surface area contributed by atoms with Crippen LogP contribution in [-0.4, -0.2) is 17.3 Å². The fourth-order valence-corrected chi connectivity index (χ4v) is 1.66. The number of carbonyl (C=O) groups excluding carboxylic acids is 1. The first kappa shape index (κ1) is 14.2. The summed E-state index contributed by atoms with van der Waals surface area (Å²) in [6.07, 6.45) is 0. The van der Waals surface area contributed by atoms with Crippen molar-refractivity contribution in [2.75, 3.05) is 6.54 Å². The van der Waals surface area contributed by atoms with Crippen molar-refractivity contribution in [3.05, 3.63) is 34.9 Å². The molecule has 0 aliphatic heterocycles. The Kier molecular flexibility index (Phi) is 5.19. The van der Waals surface area contributed by atoms with Crippen molar-refractivity contribution in [3.8, 4) is 0 Å². The molecule has 0 spiro atoms. The number of nitrogens with one attached hydrogen (secondary N) is 1. The topological polar surface area (TPSA) is 29.1 Å². The number of hydrogen-bond acceptors (Lipinski definition) is 1. The van der Waals surface area contributed by atoms with Crippen molar-refractivity contribution in [3.63, 3.8) is 0 Å². The summed E-state index contributed by atoms with van der Waals surface area (Å²) >= 11 is 3.56. The molecule has 0 saturated carbocycles. The molecule has 0 aliphatic carbocycles. The van der Waals surface area contributed by atoms with Gasteiger partial charge in [0.25, 0.3) is 5.91 Å². The van der Waals surface area contributed by atoms with Gasteiger partial charge < -0.3 is 5.32 Å². The Morgan fingerprint density at radius 2 is 2.00 bits per heavy atom. The van der Waals surface area contributed by atoms with E-state index in [0.717, 1.165) is 16.7 Å². The van der Waals surface area contributed by atoms with Gasteiger partial charge in [-0.2, -0.15) is 0 Å². The second kappa shape index (κ2) is 6.20. The Labute approximate surface area is 112 Å². The van der Waals surface area contributed by atoms with Gasteiger partial charge in [0, 0.05) is 16.9 Å². The number of carbonyl (C=O) groups is 1. The zero-order valence-corrected chi connectivity index (χ0v) is 12.5. The van der Waals surface area contributed by atoms with Gasteiger partial charge in [-0.3, -0.25) is 4.79 Å². The van der Waals surface area contributed by atoms with Crippen molar-refractivity contribution >= 4 is 21.8 Å². The van der Waals surface area contributed by atoms with Gasteiger partial charge in [-0.1, -0.05) is 47.5 Å². The first-order valence-electron chi connectivity index (χ1n) is 5.91. The molecule has 1 aromatic rings. The number of amides is 1. The summed E-state index contributed by atoms with van der Waals surface area (Å²) in [6, 6.07) is 5.94. The molecule has 1 N–H and O–H groups in total. The van der Waals surface area contributed by atoms with Crippen molar-refractivity contribution in [2.45, 2.75) is 32.5 Å². The monoisotopic (exact) mass is 297 g/mol. The molecule has 0 aromatic heterocycles. The molecule has 0 bridgehead atoms. The van der Waals surface area contributed by atoms with E-state index in [1.807, 2.05) is 32.0 Å². The largest absolute Gasteiger partial charge is 0.351 e. The lowest BCUT2D eigenvalue weighted by Crippen LogP contribution is -2.32. The van der Waals surface area contributed by atoms with E-state index in [4.69, 9.17) is 0 Å². The third-order valence-corrected chi connectivity index (χ3v) is 4.20. The van der Waals surface area contributed by atoms with E-state index in [1.54, 1.807) is 0 Å². The lowest BCUT2D eigenvalue weighted by atomic mass is 10.0. The minimum absolute atomic E-state index is 0.0105. The highest BCUT2D eigenvalue weighted by atomic mass is 79.9. The highest BCUT2D eigenvalue weighted by Crippen LogP contribution is 2.13. The Hall–Kier alpha value is -0.830. The summed E-state index contributed by atoms with van der Waals surface area (Å²) in [7, 11) is 0. The number of halogens is 1. The van der Waals surface area contributed by atoms with E-state index in [0.29, 0.717) is 17.3 Å². The number of alkyl halides is 1. The average Bonchev–Trinajstić information content (AvgIpc) is 2.28. The first-order valence-corrected chi connectivity index (χ1v) is 6.83. The standard InChI is InChI=1S/C14H20BrNO/c1-9(2)13(15)8-16-14(17)12-7-10(3)5-6-11(12)4/h5-7,9,13H,8H2,1-4H3,(H,16,17). The predicted molar refractivity (Wildman–Crippen MR) is 75.8 cm³/mol. The minimum Gasteiger partial charge on any atom is -0.351 e. The van der Waals surface area contributed by atoms with Crippen LogP contribution in [-0.2, 0) is 0 Å². The van der Waals surface area contributed by atoms with Crippen LogP contribution in [0, 0.1) is 19.8 Å². The summed E-state index contributed by atoms with van der Waals surface area (Å²) in [6.45, 7) is 8.87. The summed E-state index contributed by atoms with van der Waals surface area (Å²) in [5.74, 6) is 0.519. The maximum atomic E-state index is 12.0. The highest BCUT2D eigenvalue weighted by Gasteiger charge is 2.13. The van der Waals surface area contributed by atoms with Crippen molar-refractivity contribution in [1.29, 1.82) is 0 Å². The first-order chi connectivity index (χ1) is 7.91. The fraction of sp³-hybridized carbons (Fsp3) is 0.500. The van der Waals surface area contributed by atoms with Gasteiger partial charge in [0.05, 0.1) is 0 Å². The maximum Gasteiger partial charge on any atom is 0.251 e. The molecule has 0 saturated heterocycles. The van der Waals surface area contributed by atoms with E-state index in [2.05, 4.69) is 35.1 Å². The van der Waals surface area contributed by atoms with E-state index in [-0.39, 0.29) is 5.91 Å². The van der Waals surface area contributed by atoms with E-state index >= 15 is 0 Å². The number of hydrogen-bond donors (Lipinski definition) is 1. The lowest BCUT2D eigenvalue weighted by molar-refractivity contribution is 0.0952. The molecule has 1 rings (SSSR count). The van der Waals surface area contributed by atoms with Gasteiger partial charge >= 0.3 is 0 Å². The maximum absolute atomic E-state index is 12.0. The summed E-state index contributed by atoms with van der Waals surface area (Å²) in [4.78, 5) is 12.3. The molecule has 0 aliphatic rings. The summed E-state index contributed by atoms with van der Waals surface area (Å²) < 4.78 is 0. The molecule has 1 atom stereocenters. The molecule has 94 valence electrons. The van der Waals surface area contributed by atoms with Gasteiger partial charge in [0.15, 0.2) is 0 Å². The van der Waals surface area contributed by atoms with Crippen molar-refractivity contribution < 1.29 is 4.79 Å². The molecule has 17 heavy (non-hydrogen) atoms. The van der Waals surface area contributed by atoms with E-state index in [1.165, 1.54) is 0 Å². The van der Waals surface area contributed by atoms with Gasteiger partial charge in [-0.15, -0.1) is 0 Å². The molecule has 3 heteroatoms. The van der Waals surface area contributed by atoms with E-state index in [9.17, 15) is 4.79 Å². The van der Waals surface area contributed by atoms with Crippen LogP contribution in [0.1, 0.15) is 35.3 Å². The molecule has 0 heterocycles. The predicted octanol–water partition coefficient (Wildman–Crippen LogP) is 3.45. The zero-order chi connectivity index (χ0) is 13.0. The van der Waals surface area contributed by atoms with Gasteiger partial charge in [0.1, 0.15) is 0 Å². The van der Waals surface area contributed by atoms with Crippen LogP contribution in [0.15, 0.2) is 18.2 Å². The van der Waals surface area contributed by atoms with Gasteiger partial charge in [-0.25, -0.2) is 0 Å². The van der Waals surface area contributed by atoms with Gasteiger partial charge in [0.2, 0.25) is 0 Å². The molecule has 0 fully saturated rings. The molecular weight excluding hydrogens is 278 g/mol. The Morgan fingerprint density at radius 3 is 2.59 bits per heavy atom. The smallest absolute Gasteiger partial charge is 0.251 e. The van der Waals surface area contributed by atoms with Crippen LogP contribution >= 0.6 is 15.9 Å². The number of aryl methyl sites for hydroxylation is 2. The second-order valence-corrected chi connectivity index (χ2v) is 5.96. The van der Waals surface area contributed by atoms with Crippen LogP contribution in [0.4, 0.5) is 0 Å². The summed E-state index contributed by atoms with van der Waals surface area (Å²) in [5, 5.41) is 2.96. The lowest BCUT2D eigenvalue weighted by Gasteiger charge is -2.15. The Balaban J connectivity index is 2.67. The molecule has 1 aromatic carbocycles. The highest BCUT2D eigenvalue weighted by molar-refractivity contribution is 9.09. The molecular formula is C14H20BrNO. The van der Waals surface area contributed by atoms with E-state index < -0.39 is 0 Å². The SMILES string of the molecule is Cc1ccc(C)c(C(=O)NCC(Br)C(C)C)c1. The van der Waals surface area contributed by atoms with Crippen LogP contribution < -0.4 is 5.32 Å². The Morgan fingerprint density at radius 1 is 1.35 bits per heavy atom. The minimum atomic E-state index is 0.0105. The van der Waals surface area contributed by atoms with Crippen molar-refractivity contribution in [1.82, 2.24) is 5.32 Å². The van der Waals surface area contributed by atoms with Crippen molar-refractivity contribution in [2.24, 2.45) is 5.92 Å². The molecule has 2 nitrogen and oxygen atoms in total. The number of rotatable bonds is 4. The van der Waals surface area contributed by atoms with Crippen LogP contribution in [0.3, 0.4) is 0 Å². The van der Waals surface area contributed by atoms with Crippen LogP contribution in [0.25, 0.3) is 0 Å². The molecule has 0 radical (unpaired) electrons. The molecule has 1 unspecified atom stereocenters. The third kappa shape index (κ3) is 4.15. The quantitative estimate of drug-likeness (QED) is 0.848.